The molecule has 4 aliphatic rings. The first-order valence-corrected chi connectivity index (χ1v) is 11.4. The van der Waals surface area contributed by atoms with Gasteiger partial charge < -0.3 is 9.73 Å². The summed E-state index contributed by atoms with van der Waals surface area (Å²) in [7, 11) is 0. The predicted octanol–water partition coefficient (Wildman–Crippen LogP) is 4.25. The number of hydrogen-bond donors (Lipinski definition) is 1. The topological polar surface area (TPSA) is 68.0 Å². The molecule has 0 saturated heterocycles. The third-order valence-corrected chi connectivity index (χ3v) is 7.78. The number of nitrogens with one attached hydrogen (secondary N) is 1. The van der Waals surface area contributed by atoms with Crippen molar-refractivity contribution in [3.8, 4) is 0 Å². The van der Waals surface area contributed by atoms with Crippen LogP contribution in [0.5, 0.6) is 0 Å². The van der Waals surface area contributed by atoms with E-state index in [0.717, 1.165) is 29.2 Å². The highest BCUT2D eigenvalue weighted by atomic mass is 32.2. The number of hydrogen-bond acceptors (Lipinski definition) is 5. The molecular formula is C22H27N3O2S. The van der Waals surface area contributed by atoms with Crippen molar-refractivity contribution in [1.29, 1.82) is 0 Å². The van der Waals surface area contributed by atoms with Gasteiger partial charge in [0.2, 0.25) is 11.8 Å². The van der Waals surface area contributed by atoms with Gasteiger partial charge in [-0.3, -0.25) is 4.79 Å². The molecule has 28 heavy (non-hydrogen) atoms. The van der Waals surface area contributed by atoms with E-state index >= 15 is 0 Å². The van der Waals surface area contributed by atoms with Crippen LogP contribution in [0.15, 0.2) is 33.9 Å². The van der Waals surface area contributed by atoms with E-state index in [1.54, 1.807) is 0 Å². The van der Waals surface area contributed by atoms with Crippen molar-refractivity contribution >= 4 is 17.7 Å². The maximum absolute atomic E-state index is 12.2. The molecule has 1 aromatic carbocycles. The molecule has 4 fully saturated rings. The normalized spacial score (nSPS) is 30.5. The third kappa shape index (κ3) is 3.47. The lowest BCUT2D eigenvalue weighted by atomic mass is 9.49. The Labute approximate surface area is 170 Å². The smallest absolute Gasteiger partial charge is 0.277 e. The van der Waals surface area contributed by atoms with Gasteiger partial charge in [0.15, 0.2) is 0 Å². The summed E-state index contributed by atoms with van der Waals surface area (Å²) in [5, 5.41) is 12.2. The highest BCUT2D eigenvalue weighted by molar-refractivity contribution is 7.99. The van der Waals surface area contributed by atoms with Gasteiger partial charge in [-0.15, -0.1) is 10.2 Å². The molecule has 4 bridgehead atoms. The lowest BCUT2D eigenvalue weighted by molar-refractivity contribution is -0.118. The molecule has 1 N–H and O–H groups in total. The molecule has 0 aliphatic heterocycles. The summed E-state index contributed by atoms with van der Waals surface area (Å²) in [5.74, 6) is 3.66. The van der Waals surface area contributed by atoms with E-state index < -0.39 is 0 Å². The second-order valence-electron chi connectivity index (χ2n) is 9.06. The van der Waals surface area contributed by atoms with Crippen molar-refractivity contribution in [2.24, 2.45) is 17.8 Å². The molecule has 148 valence electrons. The fourth-order valence-electron chi connectivity index (χ4n) is 6.04. The summed E-state index contributed by atoms with van der Waals surface area (Å²) in [6, 6.07) is 8.10. The molecular weight excluding hydrogens is 370 g/mol. The predicted molar refractivity (Wildman–Crippen MR) is 108 cm³/mol. The standard InChI is InChI=1S/C22H27N3O2S/c1-14-4-2-3-5-18(14)12-23-19(26)13-28-21-25-24-20(27-21)22-9-15-6-16(10-22)8-17(7-15)11-22/h2-5,15-17H,6-13H2,1H3,(H,23,26). The van der Waals surface area contributed by atoms with E-state index in [-0.39, 0.29) is 11.3 Å². The summed E-state index contributed by atoms with van der Waals surface area (Å²) in [5.41, 5.74) is 2.45. The minimum absolute atomic E-state index is 0.0113. The van der Waals surface area contributed by atoms with Crippen molar-refractivity contribution in [3.05, 3.63) is 41.3 Å². The molecule has 6 heteroatoms. The monoisotopic (exact) mass is 397 g/mol. The van der Waals surface area contributed by atoms with Gasteiger partial charge in [-0.1, -0.05) is 36.0 Å². The second-order valence-corrected chi connectivity index (χ2v) is 9.99. The summed E-state index contributed by atoms with van der Waals surface area (Å²) in [6.07, 6.45) is 7.83. The van der Waals surface area contributed by atoms with Gasteiger partial charge in [0.05, 0.1) is 5.75 Å². The number of aromatic nitrogens is 2. The number of rotatable bonds is 6. The van der Waals surface area contributed by atoms with E-state index in [0.29, 0.717) is 17.5 Å². The largest absolute Gasteiger partial charge is 0.415 e. The molecule has 1 heterocycles. The fraction of sp³-hybridized carbons (Fsp3) is 0.591. The van der Waals surface area contributed by atoms with Crippen LogP contribution in [-0.4, -0.2) is 21.9 Å². The average molecular weight is 398 g/mol. The van der Waals surface area contributed by atoms with Crippen LogP contribution in [0, 0.1) is 24.7 Å². The van der Waals surface area contributed by atoms with Gasteiger partial charge in [0.1, 0.15) is 0 Å². The summed E-state index contributed by atoms with van der Waals surface area (Å²) < 4.78 is 6.06. The van der Waals surface area contributed by atoms with E-state index in [1.807, 2.05) is 18.2 Å². The number of nitrogens with zero attached hydrogens (tertiary/aromatic N) is 2. The third-order valence-electron chi connectivity index (χ3n) is 6.96. The number of aryl methyl sites for hydroxylation is 1. The first kappa shape index (κ1) is 18.2. The highest BCUT2D eigenvalue weighted by Crippen LogP contribution is 2.60. The Hall–Kier alpha value is -1.82. The molecule has 0 unspecified atom stereocenters. The van der Waals surface area contributed by atoms with E-state index in [2.05, 4.69) is 28.5 Å². The molecule has 6 rings (SSSR count). The Morgan fingerprint density at radius 3 is 2.50 bits per heavy atom. The number of thioether (sulfide) groups is 1. The molecule has 0 atom stereocenters. The zero-order valence-corrected chi connectivity index (χ0v) is 17.1. The van der Waals surface area contributed by atoms with Gasteiger partial charge in [0.25, 0.3) is 5.22 Å². The Kier molecular flexibility index (Phi) is 4.69. The number of amides is 1. The van der Waals surface area contributed by atoms with Gasteiger partial charge in [-0.05, 0) is 74.3 Å². The Balaban J connectivity index is 1.17. The zero-order chi connectivity index (χ0) is 19.1. The van der Waals surface area contributed by atoms with Crippen LogP contribution >= 0.6 is 11.8 Å². The van der Waals surface area contributed by atoms with Crippen LogP contribution in [0.25, 0.3) is 0 Å². The van der Waals surface area contributed by atoms with Crippen LogP contribution in [-0.2, 0) is 16.8 Å². The molecule has 4 aliphatic carbocycles. The lowest BCUT2D eigenvalue weighted by Crippen LogP contribution is -2.48. The van der Waals surface area contributed by atoms with Crippen molar-refractivity contribution in [2.45, 2.75) is 62.6 Å². The average Bonchev–Trinajstić information content (AvgIpc) is 3.15. The quantitative estimate of drug-likeness (QED) is 0.738. The molecule has 5 nitrogen and oxygen atoms in total. The van der Waals surface area contributed by atoms with Crippen LogP contribution in [0.4, 0.5) is 0 Å². The number of benzene rings is 1. The molecule has 1 amide bonds. The SMILES string of the molecule is Cc1ccccc1CNC(=O)CSc1nnc(C23CC4CC(CC(C4)C2)C3)o1. The first-order valence-electron chi connectivity index (χ1n) is 10.4. The lowest BCUT2D eigenvalue weighted by Gasteiger charge is -2.55. The van der Waals surface area contributed by atoms with Gasteiger partial charge >= 0.3 is 0 Å². The number of carbonyl (C=O) groups excluding carboxylic acids is 1. The van der Waals surface area contributed by atoms with E-state index in [9.17, 15) is 4.79 Å². The van der Waals surface area contributed by atoms with Gasteiger partial charge in [-0.2, -0.15) is 0 Å². The maximum atomic E-state index is 12.2. The second kappa shape index (κ2) is 7.21. The van der Waals surface area contributed by atoms with E-state index in [4.69, 9.17) is 4.42 Å². The van der Waals surface area contributed by atoms with Gasteiger partial charge in [-0.25, -0.2) is 0 Å². The molecule has 0 radical (unpaired) electrons. The van der Waals surface area contributed by atoms with Crippen LogP contribution in [0.2, 0.25) is 0 Å². The summed E-state index contributed by atoms with van der Waals surface area (Å²) in [6.45, 7) is 2.61. The first-order chi connectivity index (χ1) is 13.6. The number of carbonyl (C=O) groups is 1. The minimum atomic E-state index is -0.0113. The van der Waals surface area contributed by atoms with Crippen molar-refractivity contribution in [1.82, 2.24) is 15.5 Å². The Bertz CT molecular complexity index is 843. The van der Waals surface area contributed by atoms with Crippen molar-refractivity contribution in [3.63, 3.8) is 0 Å². The summed E-state index contributed by atoms with van der Waals surface area (Å²) in [4.78, 5) is 12.2. The highest BCUT2D eigenvalue weighted by Gasteiger charge is 2.54. The molecule has 1 aromatic heterocycles. The fourth-order valence-corrected chi connectivity index (χ4v) is 6.63. The zero-order valence-electron chi connectivity index (χ0n) is 16.3. The summed E-state index contributed by atoms with van der Waals surface area (Å²) >= 11 is 1.34. The van der Waals surface area contributed by atoms with Crippen LogP contribution < -0.4 is 5.32 Å². The minimum Gasteiger partial charge on any atom is -0.415 e. The van der Waals surface area contributed by atoms with Crippen LogP contribution in [0.1, 0.15) is 55.5 Å². The van der Waals surface area contributed by atoms with E-state index in [1.165, 1.54) is 55.9 Å². The van der Waals surface area contributed by atoms with Crippen molar-refractivity contribution in [2.75, 3.05) is 5.75 Å². The van der Waals surface area contributed by atoms with Crippen LogP contribution in [0.3, 0.4) is 0 Å². The van der Waals surface area contributed by atoms with Gasteiger partial charge in [0, 0.05) is 12.0 Å². The Morgan fingerprint density at radius 2 is 1.82 bits per heavy atom. The molecule has 4 saturated carbocycles. The van der Waals surface area contributed by atoms with Crippen molar-refractivity contribution < 1.29 is 9.21 Å². The Morgan fingerprint density at radius 1 is 1.14 bits per heavy atom. The molecule has 2 aromatic rings. The maximum Gasteiger partial charge on any atom is 0.277 e. The molecule has 0 spiro atoms.